The summed E-state index contributed by atoms with van der Waals surface area (Å²) in [4.78, 5) is 14.1. The minimum absolute atomic E-state index is 0.147. The van der Waals surface area contributed by atoms with Gasteiger partial charge in [0.15, 0.2) is 6.54 Å². The van der Waals surface area contributed by atoms with Crippen LogP contribution in [-0.2, 0) is 4.79 Å². The van der Waals surface area contributed by atoms with Crippen molar-refractivity contribution in [2.75, 3.05) is 57.5 Å². The molecule has 0 atom stereocenters. The van der Waals surface area contributed by atoms with Crippen LogP contribution in [0.1, 0.15) is 0 Å². The Morgan fingerprint density at radius 2 is 1.89 bits per heavy atom. The molecule has 5 heteroatoms. The van der Waals surface area contributed by atoms with Gasteiger partial charge in [-0.2, -0.15) is 0 Å². The number of quaternary nitrogens is 1. The lowest BCUT2D eigenvalue weighted by Gasteiger charge is -2.38. The van der Waals surface area contributed by atoms with Gasteiger partial charge in [-0.1, -0.05) is 0 Å². The van der Waals surface area contributed by atoms with Gasteiger partial charge in [-0.3, -0.25) is 4.79 Å². The molecule has 1 fully saturated rings. The first-order valence-corrected chi connectivity index (χ1v) is 6.67. The van der Waals surface area contributed by atoms with Gasteiger partial charge >= 0.3 is 0 Å². The van der Waals surface area contributed by atoms with E-state index >= 15 is 0 Å². The van der Waals surface area contributed by atoms with Crippen LogP contribution in [0.3, 0.4) is 0 Å². The number of hydrogen-bond donors (Lipinski definition) is 2. The molecule has 0 spiro atoms. The molecule has 0 bridgehead atoms. The third-order valence-corrected chi connectivity index (χ3v) is 3.83. The number of nitrogens with one attached hydrogen (secondary N) is 1. The van der Waals surface area contributed by atoms with Crippen molar-refractivity contribution in [3.8, 4) is 0 Å². The van der Waals surface area contributed by atoms with Crippen molar-refractivity contribution >= 4 is 17.3 Å². The summed E-state index contributed by atoms with van der Waals surface area (Å²) in [6.45, 7) is 4.51. The Morgan fingerprint density at radius 1 is 1.32 bits per heavy atom. The van der Waals surface area contributed by atoms with Crippen LogP contribution in [0.4, 0.5) is 11.4 Å². The van der Waals surface area contributed by atoms with Gasteiger partial charge in [-0.15, -0.1) is 0 Å². The number of amides is 1. The van der Waals surface area contributed by atoms with Crippen LogP contribution in [0.15, 0.2) is 24.3 Å². The first kappa shape index (κ1) is 13.8. The summed E-state index contributed by atoms with van der Waals surface area (Å²) in [7, 11) is 3.97. The molecule has 1 aliphatic heterocycles. The maximum absolute atomic E-state index is 12.4. The molecule has 1 aromatic rings. The topological polar surface area (TPSA) is 58.4 Å². The Kier molecular flexibility index (Phi) is 4.07. The average molecular weight is 263 g/mol. The zero-order chi connectivity index (χ0) is 13.9. The standard InChI is InChI=1S/C14H23N4O/c1-17(13-5-3-12(15)4-6-13)14(19)11-18(2)9-7-16-8-10-18/h3-6,16H,7-11,15H2,1-2H3/q+1. The highest BCUT2D eigenvalue weighted by atomic mass is 16.2. The molecule has 2 rings (SSSR count). The highest BCUT2D eigenvalue weighted by molar-refractivity contribution is 5.93. The Balaban J connectivity index is 2.00. The van der Waals surface area contributed by atoms with Gasteiger partial charge in [-0.25, -0.2) is 0 Å². The van der Waals surface area contributed by atoms with E-state index in [9.17, 15) is 4.79 Å². The van der Waals surface area contributed by atoms with Crippen LogP contribution < -0.4 is 16.0 Å². The second kappa shape index (κ2) is 5.59. The SMILES string of the molecule is CN(C(=O)C[N+]1(C)CCNCC1)c1ccc(N)cc1. The second-order valence-corrected chi connectivity index (χ2v) is 5.52. The third-order valence-electron chi connectivity index (χ3n) is 3.83. The fourth-order valence-electron chi connectivity index (χ4n) is 2.37. The Labute approximate surface area is 114 Å². The lowest BCUT2D eigenvalue weighted by atomic mass is 10.2. The van der Waals surface area contributed by atoms with Gasteiger partial charge in [0.25, 0.3) is 5.91 Å². The molecule has 1 aromatic carbocycles. The van der Waals surface area contributed by atoms with E-state index in [1.807, 2.05) is 31.3 Å². The average Bonchev–Trinajstić information content (AvgIpc) is 2.39. The van der Waals surface area contributed by atoms with E-state index in [2.05, 4.69) is 12.4 Å². The number of anilines is 2. The number of likely N-dealkylation sites (N-methyl/N-ethyl adjacent to an activating group) is 2. The molecular formula is C14H23N4O+. The van der Waals surface area contributed by atoms with E-state index < -0.39 is 0 Å². The number of carbonyl (C=O) groups excluding carboxylic acids is 1. The number of carbonyl (C=O) groups is 1. The molecule has 0 saturated carbocycles. The van der Waals surface area contributed by atoms with Crippen molar-refractivity contribution < 1.29 is 9.28 Å². The molecule has 19 heavy (non-hydrogen) atoms. The number of nitrogen functional groups attached to an aromatic ring is 1. The van der Waals surface area contributed by atoms with E-state index in [4.69, 9.17) is 5.73 Å². The first-order valence-electron chi connectivity index (χ1n) is 6.67. The molecular weight excluding hydrogens is 240 g/mol. The summed E-state index contributed by atoms with van der Waals surface area (Å²) < 4.78 is 0.811. The fourth-order valence-corrected chi connectivity index (χ4v) is 2.37. The fraction of sp³-hybridized carbons (Fsp3) is 0.500. The first-order chi connectivity index (χ1) is 9.00. The summed E-state index contributed by atoms with van der Waals surface area (Å²) in [6.07, 6.45) is 0. The molecule has 104 valence electrons. The Hall–Kier alpha value is -1.59. The van der Waals surface area contributed by atoms with Crippen LogP contribution in [0.2, 0.25) is 0 Å². The minimum Gasteiger partial charge on any atom is -0.399 e. The molecule has 0 radical (unpaired) electrons. The highest BCUT2D eigenvalue weighted by Gasteiger charge is 2.29. The molecule has 0 aromatic heterocycles. The van der Waals surface area contributed by atoms with E-state index in [0.29, 0.717) is 12.2 Å². The predicted octanol–water partition coefficient (Wildman–Crippen LogP) is 0.281. The molecule has 1 aliphatic rings. The molecule has 0 unspecified atom stereocenters. The maximum atomic E-state index is 12.4. The van der Waals surface area contributed by atoms with Crippen molar-refractivity contribution in [1.29, 1.82) is 0 Å². The van der Waals surface area contributed by atoms with Gasteiger partial charge < -0.3 is 20.4 Å². The summed E-state index contributed by atoms with van der Waals surface area (Å²) in [5, 5.41) is 3.33. The maximum Gasteiger partial charge on any atom is 0.281 e. The highest BCUT2D eigenvalue weighted by Crippen LogP contribution is 2.16. The van der Waals surface area contributed by atoms with Crippen LogP contribution in [0, 0.1) is 0 Å². The van der Waals surface area contributed by atoms with E-state index in [0.717, 1.165) is 36.3 Å². The molecule has 1 heterocycles. The molecule has 0 aliphatic carbocycles. The zero-order valence-electron chi connectivity index (χ0n) is 11.7. The van der Waals surface area contributed by atoms with Crippen molar-refractivity contribution in [3.63, 3.8) is 0 Å². The number of piperazine rings is 1. The minimum atomic E-state index is 0.147. The third kappa shape index (κ3) is 3.45. The number of hydrogen-bond acceptors (Lipinski definition) is 3. The zero-order valence-corrected chi connectivity index (χ0v) is 11.7. The molecule has 3 N–H and O–H groups in total. The summed E-state index contributed by atoms with van der Waals surface area (Å²) in [5.74, 6) is 0.147. The number of rotatable bonds is 3. The molecule has 5 nitrogen and oxygen atoms in total. The van der Waals surface area contributed by atoms with E-state index in [1.165, 1.54) is 0 Å². The van der Waals surface area contributed by atoms with Crippen LogP contribution in [0.5, 0.6) is 0 Å². The summed E-state index contributed by atoms with van der Waals surface area (Å²) in [6, 6.07) is 7.40. The predicted molar refractivity (Wildman–Crippen MR) is 77.9 cm³/mol. The monoisotopic (exact) mass is 263 g/mol. The quantitative estimate of drug-likeness (QED) is 0.608. The number of nitrogens with two attached hydrogens (primary N) is 1. The molecule has 1 saturated heterocycles. The smallest absolute Gasteiger partial charge is 0.281 e. The number of benzene rings is 1. The Bertz CT molecular complexity index is 437. The van der Waals surface area contributed by atoms with Crippen molar-refractivity contribution in [2.24, 2.45) is 0 Å². The summed E-state index contributed by atoms with van der Waals surface area (Å²) >= 11 is 0. The summed E-state index contributed by atoms with van der Waals surface area (Å²) in [5.41, 5.74) is 7.26. The van der Waals surface area contributed by atoms with E-state index in [1.54, 1.807) is 4.90 Å². The van der Waals surface area contributed by atoms with Gasteiger partial charge in [0.05, 0.1) is 20.1 Å². The van der Waals surface area contributed by atoms with Gasteiger partial charge in [0.2, 0.25) is 0 Å². The van der Waals surface area contributed by atoms with E-state index in [-0.39, 0.29) is 5.91 Å². The van der Waals surface area contributed by atoms with Crippen molar-refractivity contribution in [1.82, 2.24) is 5.32 Å². The van der Waals surface area contributed by atoms with Gasteiger partial charge in [0, 0.05) is 31.5 Å². The van der Waals surface area contributed by atoms with Crippen LogP contribution in [-0.4, -0.2) is 57.2 Å². The lowest BCUT2D eigenvalue weighted by molar-refractivity contribution is -0.903. The van der Waals surface area contributed by atoms with Crippen molar-refractivity contribution in [2.45, 2.75) is 0 Å². The van der Waals surface area contributed by atoms with Crippen LogP contribution >= 0.6 is 0 Å². The largest absolute Gasteiger partial charge is 0.399 e. The Morgan fingerprint density at radius 3 is 2.47 bits per heavy atom. The van der Waals surface area contributed by atoms with Gasteiger partial charge in [0.1, 0.15) is 0 Å². The van der Waals surface area contributed by atoms with Crippen molar-refractivity contribution in [3.05, 3.63) is 24.3 Å². The normalized spacial score (nSPS) is 18.0. The lowest BCUT2D eigenvalue weighted by Crippen LogP contribution is -2.59. The van der Waals surface area contributed by atoms with Gasteiger partial charge in [-0.05, 0) is 24.3 Å². The second-order valence-electron chi connectivity index (χ2n) is 5.52. The number of nitrogens with zero attached hydrogens (tertiary/aromatic N) is 2. The molecule has 1 amide bonds. The van der Waals surface area contributed by atoms with Crippen LogP contribution in [0.25, 0.3) is 0 Å².